The highest BCUT2D eigenvalue weighted by Gasteiger charge is 2.40. The topological polar surface area (TPSA) is 121 Å². The summed E-state index contributed by atoms with van der Waals surface area (Å²) in [7, 11) is 1.62. The van der Waals surface area contributed by atoms with Crippen molar-refractivity contribution in [2.45, 2.75) is 56.4 Å². The van der Waals surface area contributed by atoms with Crippen molar-refractivity contribution in [3.8, 4) is 11.6 Å². The third kappa shape index (κ3) is 5.93. The summed E-state index contributed by atoms with van der Waals surface area (Å²) in [5.74, 6) is 0.716. The van der Waals surface area contributed by atoms with Crippen LogP contribution in [0.25, 0.3) is 21.8 Å². The van der Waals surface area contributed by atoms with Gasteiger partial charge in [-0.15, -0.1) is 0 Å². The molecule has 2 amide bonds. The summed E-state index contributed by atoms with van der Waals surface area (Å²) < 4.78 is 11.0. The number of carbonyl (C=O) groups excluding carboxylic acids is 2. The van der Waals surface area contributed by atoms with Gasteiger partial charge in [0.25, 0.3) is 0 Å². The lowest BCUT2D eigenvalue weighted by molar-refractivity contribution is -0.127. The van der Waals surface area contributed by atoms with Crippen LogP contribution >= 0.6 is 0 Å². The van der Waals surface area contributed by atoms with Crippen molar-refractivity contribution in [2.75, 3.05) is 13.7 Å². The molecule has 1 saturated carbocycles. The molecule has 1 fully saturated rings. The number of nitrogens with one attached hydrogen (secondary N) is 4. The number of amides is 2. The number of benzene rings is 2. The van der Waals surface area contributed by atoms with Gasteiger partial charge < -0.3 is 30.1 Å². The van der Waals surface area contributed by atoms with Gasteiger partial charge in [0.1, 0.15) is 11.3 Å². The van der Waals surface area contributed by atoms with E-state index >= 15 is 0 Å². The average molecular weight is 580 g/mol. The van der Waals surface area contributed by atoms with Crippen LogP contribution in [0.2, 0.25) is 0 Å². The zero-order valence-electron chi connectivity index (χ0n) is 24.5. The Labute approximate surface area is 250 Å². The molecule has 1 aliphatic rings. The zero-order chi connectivity index (χ0) is 29.9. The van der Waals surface area contributed by atoms with E-state index in [1.165, 1.54) is 0 Å². The van der Waals surface area contributed by atoms with E-state index in [4.69, 9.17) is 14.5 Å². The van der Waals surface area contributed by atoms with Crippen LogP contribution in [0.5, 0.6) is 11.6 Å². The van der Waals surface area contributed by atoms with Crippen LogP contribution in [0.4, 0.5) is 4.79 Å². The lowest BCUT2D eigenvalue weighted by Crippen LogP contribution is -2.60. The van der Waals surface area contributed by atoms with Gasteiger partial charge in [-0.2, -0.15) is 0 Å². The minimum Gasteiger partial charge on any atom is -0.495 e. The molecule has 6 rings (SSSR count). The number of pyridine rings is 1. The Morgan fingerprint density at radius 2 is 1.77 bits per heavy atom. The van der Waals surface area contributed by atoms with Gasteiger partial charge in [-0.25, -0.2) is 4.79 Å². The largest absolute Gasteiger partial charge is 0.495 e. The summed E-state index contributed by atoms with van der Waals surface area (Å²) in [4.78, 5) is 38.5. The average Bonchev–Trinajstić information content (AvgIpc) is 3.63. The molecule has 3 aromatic heterocycles. The first kappa shape index (κ1) is 28.3. The van der Waals surface area contributed by atoms with Crippen molar-refractivity contribution in [3.05, 3.63) is 90.4 Å². The van der Waals surface area contributed by atoms with Crippen LogP contribution in [0.15, 0.2) is 79.1 Å². The Kier molecular flexibility index (Phi) is 7.80. The molecule has 0 unspecified atom stereocenters. The molecule has 1 aliphatic carbocycles. The predicted molar refractivity (Wildman–Crippen MR) is 166 cm³/mol. The number of para-hydroxylation sites is 2. The number of aromatic amines is 2. The maximum Gasteiger partial charge on any atom is 0.414 e. The van der Waals surface area contributed by atoms with Gasteiger partial charge in [-0.3, -0.25) is 9.78 Å². The van der Waals surface area contributed by atoms with E-state index < -0.39 is 11.6 Å². The first-order valence-electron chi connectivity index (χ1n) is 14.8. The number of fused-ring (bicyclic) bond motifs is 2. The standard InChI is InChI=1S/C34H37N5O4/c1-33(19-24-20-35-28-13-7-5-11-26(24)28,39-32(41)43-30-18-23-10-4-6-12-27(23)38-30)31(40)37-22-34(16-8-3-9-17-34)29-15-14-25(42-2)21-36-29/h4-7,10-15,18,20-21,35,38H,3,8-9,16-17,19,22H2,1-2H3,(H,37,40)(H,39,41)/t33-/m0/s1. The van der Waals surface area contributed by atoms with Crippen LogP contribution < -0.4 is 20.1 Å². The molecule has 1 atom stereocenters. The second-order valence-electron chi connectivity index (χ2n) is 11.7. The number of carbonyl (C=O) groups is 2. The van der Waals surface area contributed by atoms with Gasteiger partial charge in [0, 0.05) is 58.1 Å². The van der Waals surface area contributed by atoms with Crippen molar-refractivity contribution < 1.29 is 19.1 Å². The van der Waals surface area contributed by atoms with Gasteiger partial charge in [0.2, 0.25) is 11.8 Å². The summed E-state index contributed by atoms with van der Waals surface area (Å²) in [5, 5.41) is 8.04. The molecular weight excluding hydrogens is 542 g/mol. The fourth-order valence-corrected chi connectivity index (χ4v) is 6.30. The molecule has 4 N–H and O–H groups in total. The fraction of sp³-hybridized carbons (Fsp3) is 0.324. The Morgan fingerprint density at radius 3 is 2.51 bits per heavy atom. The van der Waals surface area contributed by atoms with E-state index in [2.05, 4.69) is 20.6 Å². The quantitative estimate of drug-likeness (QED) is 0.167. The number of ether oxygens (including phenoxy) is 2. The summed E-state index contributed by atoms with van der Waals surface area (Å²) >= 11 is 0. The predicted octanol–water partition coefficient (Wildman–Crippen LogP) is 6.16. The number of nitrogens with zero attached hydrogens (tertiary/aromatic N) is 1. The Hall–Kier alpha value is -4.79. The second-order valence-corrected chi connectivity index (χ2v) is 11.7. The molecule has 3 heterocycles. The zero-order valence-corrected chi connectivity index (χ0v) is 24.5. The van der Waals surface area contributed by atoms with E-state index in [0.29, 0.717) is 18.2 Å². The lowest BCUT2D eigenvalue weighted by Gasteiger charge is -2.38. The minimum absolute atomic E-state index is 0.262. The van der Waals surface area contributed by atoms with E-state index in [1.54, 1.807) is 26.3 Å². The summed E-state index contributed by atoms with van der Waals surface area (Å²) in [6, 6.07) is 21.3. The molecule has 0 radical (unpaired) electrons. The molecule has 0 spiro atoms. The number of H-pyrrole nitrogens is 2. The van der Waals surface area contributed by atoms with Gasteiger partial charge in [0.15, 0.2) is 0 Å². The maximum atomic E-state index is 14.1. The molecule has 2 aromatic carbocycles. The van der Waals surface area contributed by atoms with Crippen molar-refractivity contribution in [2.24, 2.45) is 0 Å². The van der Waals surface area contributed by atoms with E-state index in [1.807, 2.05) is 66.9 Å². The molecular formula is C34H37N5O4. The number of aromatic nitrogens is 3. The molecule has 0 bridgehead atoms. The monoisotopic (exact) mass is 579 g/mol. The van der Waals surface area contributed by atoms with E-state index in [-0.39, 0.29) is 17.7 Å². The first-order valence-corrected chi connectivity index (χ1v) is 14.8. The van der Waals surface area contributed by atoms with Crippen LogP contribution in [-0.4, -0.2) is 46.1 Å². The Balaban J connectivity index is 1.25. The molecule has 0 aliphatic heterocycles. The number of methoxy groups -OCH3 is 1. The number of rotatable bonds is 9. The normalized spacial score (nSPS) is 16.0. The molecule has 5 aromatic rings. The Bertz CT molecular complexity index is 1700. The Morgan fingerprint density at radius 1 is 1.00 bits per heavy atom. The third-order valence-electron chi connectivity index (χ3n) is 8.72. The van der Waals surface area contributed by atoms with Crippen molar-refractivity contribution in [1.82, 2.24) is 25.6 Å². The van der Waals surface area contributed by atoms with Gasteiger partial charge in [-0.1, -0.05) is 55.7 Å². The second kappa shape index (κ2) is 11.8. The van der Waals surface area contributed by atoms with Crippen molar-refractivity contribution in [3.63, 3.8) is 0 Å². The summed E-state index contributed by atoms with van der Waals surface area (Å²) in [6.45, 7) is 2.16. The molecule has 9 heteroatoms. The van der Waals surface area contributed by atoms with Gasteiger partial charge in [0.05, 0.1) is 13.3 Å². The highest BCUT2D eigenvalue weighted by Crippen LogP contribution is 2.38. The summed E-state index contributed by atoms with van der Waals surface area (Å²) in [5.41, 5.74) is 2.08. The molecule has 9 nitrogen and oxygen atoms in total. The van der Waals surface area contributed by atoms with Crippen molar-refractivity contribution in [1.29, 1.82) is 0 Å². The number of hydrogen-bond donors (Lipinski definition) is 4. The molecule has 43 heavy (non-hydrogen) atoms. The first-order chi connectivity index (χ1) is 20.9. The molecule has 222 valence electrons. The van der Waals surface area contributed by atoms with Gasteiger partial charge in [-0.05, 0) is 49.6 Å². The van der Waals surface area contributed by atoms with Crippen LogP contribution in [0.1, 0.15) is 50.3 Å². The fourth-order valence-electron chi connectivity index (χ4n) is 6.30. The number of hydrogen-bond acceptors (Lipinski definition) is 5. The maximum absolute atomic E-state index is 14.1. The minimum atomic E-state index is -1.31. The highest BCUT2D eigenvalue weighted by molar-refractivity contribution is 5.92. The lowest BCUT2D eigenvalue weighted by atomic mass is 9.71. The molecule has 0 saturated heterocycles. The van der Waals surface area contributed by atoms with E-state index in [9.17, 15) is 9.59 Å². The van der Waals surface area contributed by atoms with Crippen molar-refractivity contribution >= 4 is 33.8 Å². The van der Waals surface area contributed by atoms with E-state index in [0.717, 1.165) is 65.2 Å². The smallest absolute Gasteiger partial charge is 0.414 e. The van der Waals surface area contributed by atoms with Crippen LogP contribution in [-0.2, 0) is 16.6 Å². The highest BCUT2D eigenvalue weighted by atomic mass is 16.6. The SMILES string of the molecule is COc1ccc(C2(CNC(=O)[C@](C)(Cc3c[nH]c4ccccc34)NC(=O)Oc3cc4ccccc4[nH]3)CCCCC2)nc1. The van der Waals surface area contributed by atoms with Crippen LogP contribution in [0.3, 0.4) is 0 Å². The van der Waals surface area contributed by atoms with Gasteiger partial charge >= 0.3 is 6.09 Å². The third-order valence-corrected chi connectivity index (χ3v) is 8.72. The van der Waals surface area contributed by atoms with Crippen LogP contribution in [0, 0.1) is 0 Å². The summed E-state index contributed by atoms with van der Waals surface area (Å²) in [6.07, 6.45) is 8.29.